The van der Waals surface area contributed by atoms with Crippen LogP contribution in [0.3, 0.4) is 0 Å². The van der Waals surface area contributed by atoms with Crippen molar-refractivity contribution in [2.45, 2.75) is 26.7 Å². The summed E-state index contributed by atoms with van der Waals surface area (Å²) in [6.07, 6.45) is 4.69. The molecule has 0 aromatic carbocycles. The SMILES string of the molecule is CCC1=[C]([V])C(C)=CC1. The second-order valence-electron chi connectivity index (χ2n) is 2.40. The summed E-state index contributed by atoms with van der Waals surface area (Å²) < 4.78 is 1.46. The molecule has 0 nitrogen and oxygen atoms in total. The van der Waals surface area contributed by atoms with Crippen LogP contribution in [0.15, 0.2) is 21.5 Å². The van der Waals surface area contributed by atoms with Gasteiger partial charge in [-0.2, -0.15) is 0 Å². The molecular formula is C8H11V. The molecule has 0 N–H and O–H groups in total. The molecule has 0 aliphatic heterocycles. The number of rotatable bonds is 1. The molecule has 0 amide bonds. The molecule has 0 aromatic heterocycles. The summed E-state index contributed by atoms with van der Waals surface area (Å²) in [6, 6.07) is 0. The van der Waals surface area contributed by atoms with Crippen molar-refractivity contribution >= 4 is 0 Å². The van der Waals surface area contributed by atoms with Gasteiger partial charge in [0.25, 0.3) is 0 Å². The zero-order valence-electron chi connectivity index (χ0n) is 5.94. The first-order chi connectivity index (χ1) is 4.25. The van der Waals surface area contributed by atoms with Crippen LogP contribution in [0, 0.1) is 0 Å². The van der Waals surface area contributed by atoms with Gasteiger partial charge in [0, 0.05) is 0 Å². The van der Waals surface area contributed by atoms with Crippen LogP contribution >= 0.6 is 0 Å². The van der Waals surface area contributed by atoms with Gasteiger partial charge < -0.3 is 0 Å². The van der Waals surface area contributed by atoms with E-state index in [1.807, 2.05) is 0 Å². The second kappa shape index (κ2) is 2.77. The normalized spacial score (nSPS) is 18.7. The third kappa shape index (κ3) is 1.31. The molecule has 0 saturated heterocycles. The van der Waals surface area contributed by atoms with Gasteiger partial charge >= 0.3 is 65.6 Å². The van der Waals surface area contributed by atoms with Crippen LogP contribution in [0.2, 0.25) is 0 Å². The first-order valence-electron chi connectivity index (χ1n) is 3.33. The average Bonchev–Trinajstić information content (AvgIpc) is 2.15. The first kappa shape index (κ1) is 7.17. The van der Waals surface area contributed by atoms with Crippen molar-refractivity contribution < 1.29 is 17.4 Å². The van der Waals surface area contributed by atoms with Crippen LogP contribution in [-0.2, 0) is 17.4 Å². The standard InChI is InChI=1S/C8H11.V/c1-3-8-5-4-7(2)6-8;/h4H,3,5H2,1-2H3;. The molecule has 48 valence electrons. The molecule has 0 aromatic rings. The van der Waals surface area contributed by atoms with E-state index >= 15 is 0 Å². The molecule has 0 spiro atoms. The molecule has 1 rings (SSSR count). The maximum atomic E-state index is 2.66. The molecule has 1 aliphatic carbocycles. The Balaban J connectivity index is 2.79. The molecule has 0 bridgehead atoms. The summed E-state index contributed by atoms with van der Waals surface area (Å²) in [5, 5.41) is 0. The van der Waals surface area contributed by atoms with E-state index in [1.165, 1.54) is 22.7 Å². The van der Waals surface area contributed by atoms with Gasteiger partial charge in [-0.3, -0.25) is 0 Å². The molecule has 0 saturated carbocycles. The Kier molecular flexibility index (Phi) is 2.20. The van der Waals surface area contributed by atoms with Crippen molar-refractivity contribution in [2.24, 2.45) is 0 Å². The molecule has 0 unspecified atom stereocenters. The van der Waals surface area contributed by atoms with Crippen molar-refractivity contribution in [3.8, 4) is 0 Å². The van der Waals surface area contributed by atoms with Crippen molar-refractivity contribution in [3.63, 3.8) is 0 Å². The molecular weight excluding hydrogens is 147 g/mol. The van der Waals surface area contributed by atoms with Gasteiger partial charge in [0.1, 0.15) is 0 Å². The van der Waals surface area contributed by atoms with Crippen LogP contribution < -0.4 is 0 Å². The van der Waals surface area contributed by atoms with E-state index in [0.717, 1.165) is 0 Å². The minimum atomic E-state index is 1.19. The van der Waals surface area contributed by atoms with Gasteiger partial charge in [-0.15, -0.1) is 0 Å². The first-order valence-corrected chi connectivity index (χ1v) is 4.03. The van der Waals surface area contributed by atoms with E-state index in [1.54, 1.807) is 5.57 Å². The third-order valence-electron chi connectivity index (χ3n) is 1.79. The zero-order valence-corrected chi connectivity index (χ0v) is 7.34. The maximum absolute atomic E-state index is 2.66. The minimum absolute atomic E-state index is 1.19. The third-order valence-corrected chi connectivity index (χ3v) is 2.83. The van der Waals surface area contributed by atoms with Gasteiger partial charge in [0.15, 0.2) is 0 Å². The summed E-state index contributed by atoms with van der Waals surface area (Å²) in [7, 11) is 0. The van der Waals surface area contributed by atoms with E-state index in [0.29, 0.717) is 0 Å². The zero-order chi connectivity index (χ0) is 6.85. The van der Waals surface area contributed by atoms with Crippen molar-refractivity contribution in [2.75, 3.05) is 0 Å². The Morgan fingerprint density at radius 2 is 2.33 bits per heavy atom. The molecule has 0 radical (unpaired) electrons. The van der Waals surface area contributed by atoms with E-state index < -0.39 is 0 Å². The van der Waals surface area contributed by atoms with Crippen LogP contribution in [0.1, 0.15) is 26.7 Å². The quantitative estimate of drug-likeness (QED) is 0.550. The Labute approximate surface area is 66.0 Å². The van der Waals surface area contributed by atoms with Gasteiger partial charge in [-0.05, 0) is 0 Å². The van der Waals surface area contributed by atoms with Crippen molar-refractivity contribution in [3.05, 3.63) is 21.5 Å². The summed E-state index contributed by atoms with van der Waals surface area (Å²) in [4.78, 5) is 0. The Morgan fingerprint density at radius 1 is 1.67 bits per heavy atom. The second-order valence-corrected chi connectivity index (χ2v) is 3.10. The topological polar surface area (TPSA) is 0 Å². The molecule has 0 atom stereocenters. The van der Waals surface area contributed by atoms with Crippen LogP contribution in [0.5, 0.6) is 0 Å². The molecule has 1 aliphatic rings. The number of allylic oxidation sites excluding steroid dienone is 4. The van der Waals surface area contributed by atoms with Crippen molar-refractivity contribution in [1.29, 1.82) is 0 Å². The number of hydrogen-bond donors (Lipinski definition) is 0. The fraction of sp³-hybridized carbons (Fsp3) is 0.500. The van der Waals surface area contributed by atoms with Crippen LogP contribution in [0.4, 0.5) is 0 Å². The fourth-order valence-electron chi connectivity index (χ4n) is 1.06. The fourth-order valence-corrected chi connectivity index (χ4v) is 1.59. The van der Waals surface area contributed by atoms with E-state index in [4.69, 9.17) is 0 Å². The number of hydrogen-bond acceptors (Lipinski definition) is 0. The van der Waals surface area contributed by atoms with Gasteiger partial charge in [-0.25, -0.2) is 0 Å². The molecule has 9 heavy (non-hydrogen) atoms. The van der Waals surface area contributed by atoms with Crippen LogP contribution in [-0.4, -0.2) is 0 Å². The van der Waals surface area contributed by atoms with Crippen molar-refractivity contribution in [1.82, 2.24) is 0 Å². The summed E-state index contributed by atoms with van der Waals surface area (Å²) in [5.74, 6) is 0. The Bertz CT molecular complexity index is 175. The predicted molar refractivity (Wildman–Crippen MR) is 35.7 cm³/mol. The molecule has 0 fully saturated rings. The Hall–Kier alpha value is 0.0644. The summed E-state index contributed by atoms with van der Waals surface area (Å²) in [5.41, 5.74) is 3.04. The predicted octanol–water partition coefficient (Wildman–Crippen LogP) is 2.55. The monoisotopic (exact) mass is 158 g/mol. The van der Waals surface area contributed by atoms with E-state index in [-0.39, 0.29) is 0 Å². The molecule has 1 heteroatoms. The van der Waals surface area contributed by atoms with E-state index in [2.05, 4.69) is 37.3 Å². The van der Waals surface area contributed by atoms with E-state index in [9.17, 15) is 0 Å². The van der Waals surface area contributed by atoms with Gasteiger partial charge in [-0.1, -0.05) is 0 Å². The average molecular weight is 158 g/mol. The summed E-state index contributed by atoms with van der Waals surface area (Å²) >= 11 is 2.66. The van der Waals surface area contributed by atoms with Crippen LogP contribution in [0.25, 0.3) is 0 Å². The van der Waals surface area contributed by atoms with Gasteiger partial charge in [0.05, 0.1) is 0 Å². The van der Waals surface area contributed by atoms with Gasteiger partial charge in [0.2, 0.25) is 0 Å². The molecule has 0 heterocycles. The summed E-state index contributed by atoms with van der Waals surface area (Å²) in [6.45, 7) is 4.39. The Morgan fingerprint density at radius 3 is 2.56 bits per heavy atom.